The van der Waals surface area contributed by atoms with Gasteiger partial charge in [-0.1, -0.05) is 13.8 Å². The second-order valence-electron chi connectivity index (χ2n) is 5.92. The molecule has 2 heterocycles. The Morgan fingerprint density at radius 3 is 2.47 bits per heavy atom. The highest BCUT2D eigenvalue weighted by atomic mass is 16.4. The Morgan fingerprint density at radius 1 is 1.26 bits per heavy atom. The molecule has 2 aliphatic rings. The van der Waals surface area contributed by atoms with Gasteiger partial charge in [-0.3, -0.25) is 0 Å². The van der Waals surface area contributed by atoms with E-state index in [1.165, 1.54) is 4.90 Å². The first-order valence-electron chi connectivity index (χ1n) is 6.86. The number of rotatable bonds is 2. The zero-order valence-corrected chi connectivity index (χ0v) is 11.5. The van der Waals surface area contributed by atoms with Gasteiger partial charge in [0.1, 0.15) is 6.04 Å². The number of urea groups is 1. The predicted octanol–water partition coefficient (Wildman–Crippen LogP) is 0.604. The monoisotopic (exact) mass is 270 g/mol. The first kappa shape index (κ1) is 14.1. The van der Waals surface area contributed by atoms with Crippen LogP contribution in [0.4, 0.5) is 4.79 Å². The Labute approximate surface area is 113 Å². The Balaban J connectivity index is 2.01. The molecule has 108 valence electrons. The molecule has 6 heteroatoms. The average molecular weight is 270 g/mol. The van der Waals surface area contributed by atoms with Crippen LogP contribution in [-0.2, 0) is 4.79 Å². The van der Waals surface area contributed by atoms with Crippen molar-refractivity contribution in [3.8, 4) is 0 Å². The average Bonchev–Trinajstić information content (AvgIpc) is 2.94. The number of amides is 2. The molecular weight excluding hydrogens is 248 g/mol. The zero-order valence-electron chi connectivity index (χ0n) is 11.5. The third kappa shape index (κ3) is 2.83. The number of carbonyl (C=O) groups excluding carboxylic acids is 1. The van der Waals surface area contributed by atoms with E-state index in [0.717, 1.165) is 6.42 Å². The lowest BCUT2D eigenvalue weighted by atomic mass is 9.95. The van der Waals surface area contributed by atoms with Crippen LogP contribution < -0.4 is 0 Å². The van der Waals surface area contributed by atoms with Gasteiger partial charge >= 0.3 is 12.0 Å². The number of β-amino-alcohol motifs (C(OH)–C–C–N with tert-alkyl or cyclic N) is 1. The SMILES string of the molecule is CC(C)C1CCN(C(=O)N2CC(O)CC2C(=O)O)C1. The van der Waals surface area contributed by atoms with Crippen molar-refractivity contribution in [2.24, 2.45) is 11.8 Å². The number of hydrogen-bond acceptors (Lipinski definition) is 3. The fourth-order valence-corrected chi connectivity index (χ4v) is 2.95. The van der Waals surface area contributed by atoms with Crippen molar-refractivity contribution < 1.29 is 19.8 Å². The summed E-state index contributed by atoms with van der Waals surface area (Å²) in [7, 11) is 0. The summed E-state index contributed by atoms with van der Waals surface area (Å²) in [4.78, 5) is 26.5. The van der Waals surface area contributed by atoms with Gasteiger partial charge in [-0.15, -0.1) is 0 Å². The molecule has 3 atom stereocenters. The summed E-state index contributed by atoms with van der Waals surface area (Å²) in [6.07, 6.45) is 0.369. The summed E-state index contributed by atoms with van der Waals surface area (Å²) < 4.78 is 0. The number of carboxylic acid groups (broad SMARTS) is 1. The van der Waals surface area contributed by atoms with E-state index in [0.29, 0.717) is 24.9 Å². The molecule has 0 bridgehead atoms. The lowest BCUT2D eigenvalue weighted by Crippen LogP contribution is -2.47. The third-order valence-electron chi connectivity index (χ3n) is 4.25. The maximum atomic E-state index is 12.4. The number of aliphatic hydroxyl groups excluding tert-OH is 1. The fourth-order valence-electron chi connectivity index (χ4n) is 2.95. The zero-order chi connectivity index (χ0) is 14.2. The minimum atomic E-state index is -1.04. The summed E-state index contributed by atoms with van der Waals surface area (Å²) in [6.45, 7) is 5.77. The minimum Gasteiger partial charge on any atom is -0.480 e. The number of hydrogen-bond donors (Lipinski definition) is 2. The van der Waals surface area contributed by atoms with E-state index in [2.05, 4.69) is 13.8 Å². The quantitative estimate of drug-likeness (QED) is 0.770. The molecule has 0 aromatic rings. The van der Waals surface area contributed by atoms with Gasteiger partial charge in [0, 0.05) is 26.1 Å². The van der Waals surface area contributed by atoms with Gasteiger partial charge in [0.2, 0.25) is 0 Å². The van der Waals surface area contributed by atoms with Crippen molar-refractivity contribution in [2.45, 2.75) is 38.8 Å². The minimum absolute atomic E-state index is 0.124. The molecule has 0 aromatic carbocycles. The third-order valence-corrected chi connectivity index (χ3v) is 4.25. The maximum absolute atomic E-state index is 12.4. The molecule has 19 heavy (non-hydrogen) atoms. The largest absolute Gasteiger partial charge is 0.480 e. The van der Waals surface area contributed by atoms with E-state index in [4.69, 9.17) is 5.11 Å². The summed E-state index contributed by atoms with van der Waals surface area (Å²) in [5.41, 5.74) is 0. The molecule has 2 fully saturated rings. The van der Waals surface area contributed by atoms with Crippen LogP contribution in [0.5, 0.6) is 0 Å². The lowest BCUT2D eigenvalue weighted by Gasteiger charge is -2.27. The number of carbonyl (C=O) groups is 2. The lowest BCUT2D eigenvalue weighted by molar-refractivity contribution is -0.141. The van der Waals surface area contributed by atoms with Gasteiger partial charge < -0.3 is 20.0 Å². The van der Waals surface area contributed by atoms with E-state index in [1.807, 2.05) is 0 Å². The molecule has 2 amide bonds. The Morgan fingerprint density at radius 2 is 1.95 bits per heavy atom. The fraction of sp³-hybridized carbons (Fsp3) is 0.846. The summed E-state index contributed by atoms with van der Waals surface area (Å²) in [6, 6.07) is -1.13. The molecule has 0 saturated carbocycles. The van der Waals surface area contributed by atoms with Crippen molar-refractivity contribution in [3.63, 3.8) is 0 Å². The van der Waals surface area contributed by atoms with E-state index in [-0.39, 0.29) is 19.0 Å². The van der Waals surface area contributed by atoms with Crippen LogP contribution in [0, 0.1) is 11.8 Å². The molecule has 0 aliphatic carbocycles. The summed E-state index contributed by atoms with van der Waals surface area (Å²) in [5.74, 6) is -0.0264. The molecule has 0 radical (unpaired) electrons. The highest BCUT2D eigenvalue weighted by Gasteiger charge is 2.42. The Bertz CT molecular complexity index is 372. The van der Waals surface area contributed by atoms with Gasteiger partial charge in [-0.05, 0) is 18.3 Å². The second-order valence-corrected chi connectivity index (χ2v) is 5.92. The van der Waals surface area contributed by atoms with Crippen molar-refractivity contribution in [1.82, 2.24) is 9.80 Å². The van der Waals surface area contributed by atoms with Crippen LogP contribution in [0.3, 0.4) is 0 Å². The molecule has 0 spiro atoms. The van der Waals surface area contributed by atoms with E-state index in [1.54, 1.807) is 4.90 Å². The predicted molar refractivity (Wildman–Crippen MR) is 68.7 cm³/mol. The number of nitrogens with zero attached hydrogens (tertiary/aromatic N) is 2. The maximum Gasteiger partial charge on any atom is 0.326 e. The molecule has 3 unspecified atom stereocenters. The normalized spacial score (nSPS) is 31.3. The van der Waals surface area contributed by atoms with Crippen LogP contribution in [-0.4, -0.2) is 63.8 Å². The molecule has 2 saturated heterocycles. The molecule has 0 aromatic heterocycles. The number of aliphatic hydroxyl groups is 1. The highest BCUT2D eigenvalue weighted by Crippen LogP contribution is 2.27. The van der Waals surface area contributed by atoms with Crippen LogP contribution in [0.25, 0.3) is 0 Å². The molecule has 2 rings (SSSR count). The van der Waals surface area contributed by atoms with Crippen LogP contribution in [0.1, 0.15) is 26.7 Å². The first-order chi connectivity index (χ1) is 8.90. The first-order valence-corrected chi connectivity index (χ1v) is 6.86. The standard InChI is InChI=1S/C13H22N2O4/c1-8(2)9-3-4-14(6-9)13(19)15-7-10(16)5-11(15)12(17)18/h8-11,16H,3-7H2,1-2H3,(H,17,18). The van der Waals surface area contributed by atoms with Crippen molar-refractivity contribution in [1.29, 1.82) is 0 Å². The van der Waals surface area contributed by atoms with Crippen molar-refractivity contribution in [3.05, 3.63) is 0 Å². The molecule has 2 N–H and O–H groups in total. The second kappa shape index (κ2) is 5.36. The van der Waals surface area contributed by atoms with Crippen molar-refractivity contribution in [2.75, 3.05) is 19.6 Å². The highest BCUT2D eigenvalue weighted by molar-refractivity contribution is 5.83. The summed E-state index contributed by atoms with van der Waals surface area (Å²) >= 11 is 0. The summed E-state index contributed by atoms with van der Waals surface area (Å²) in [5, 5.41) is 18.7. The van der Waals surface area contributed by atoms with E-state index < -0.39 is 18.1 Å². The smallest absolute Gasteiger partial charge is 0.326 e. The number of likely N-dealkylation sites (tertiary alicyclic amines) is 2. The van der Waals surface area contributed by atoms with Crippen LogP contribution >= 0.6 is 0 Å². The van der Waals surface area contributed by atoms with Gasteiger partial charge in [0.15, 0.2) is 0 Å². The Kier molecular flexibility index (Phi) is 3.99. The van der Waals surface area contributed by atoms with Crippen LogP contribution in [0.2, 0.25) is 0 Å². The number of aliphatic carboxylic acids is 1. The molecular formula is C13H22N2O4. The van der Waals surface area contributed by atoms with Crippen LogP contribution in [0.15, 0.2) is 0 Å². The van der Waals surface area contributed by atoms with Gasteiger partial charge in [-0.2, -0.15) is 0 Å². The van der Waals surface area contributed by atoms with E-state index >= 15 is 0 Å². The van der Waals surface area contributed by atoms with Gasteiger partial charge in [-0.25, -0.2) is 9.59 Å². The molecule has 6 nitrogen and oxygen atoms in total. The topological polar surface area (TPSA) is 81.1 Å². The van der Waals surface area contributed by atoms with Crippen molar-refractivity contribution >= 4 is 12.0 Å². The van der Waals surface area contributed by atoms with Gasteiger partial charge in [0.05, 0.1) is 6.10 Å². The van der Waals surface area contributed by atoms with E-state index in [9.17, 15) is 14.7 Å². The molecule has 2 aliphatic heterocycles. The van der Waals surface area contributed by atoms with Gasteiger partial charge in [0.25, 0.3) is 0 Å². The Hall–Kier alpha value is -1.30. The number of carboxylic acids is 1.